The number of hydrogen-bond donors (Lipinski definition) is 1. The van der Waals surface area contributed by atoms with E-state index in [1.807, 2.05) is 0 Å². The molecule has 0 radical (unpaired) electrons. The number of amides is 4. The molecular weight excluding hydrogens is 494 g/mol. The third kappa shape index (κ3) is 5.62. The molecule has 0 spiro atoms. The normalized spacial score (nSPS) is 14.5. The van der Waals surface area contributed by atoms with E-state index in [0.29, 0.717) is 11.3 Å². The molecule has 1 fully saturated rings. The van der Waals surface area contributed by atoms with E-state index in [1.54, 1.807) is 24.3 Å². The standard InChI is InChI=1S/C27H19N3O8/c1-37-21-13-11-19(12-14-21)29-26(33)22(25(32)28-27(29)34)16-18-4-2-3-5-23(18)38-24(31)15-8-17-6-9-20(10-7-17)30(35)36/h2-16H,1H3,(H,28,32,34)/b15-8+,22-16-. The van der Waals surface area contributed by atoms with Crippen molar-refractivity contribution in [3.63, 3.8) is 0 Å². The first-order valence-corrected chi connectivity index (χ1v) is 11.1. The smallest absolute Gasteiger partial charge is 0.336 e. The van der Waals surface area contributed by atoms with E-state index < -0.39 is 28.7 Å². The summed E-state index contributed by atoms with van der Waals surface area (Å²) in [6.45, 7) is 0. The maximum Gasteiger partial charge on any atom is 0.336 e. The van der Waals surface area contributed by atoms with Gasteiger partial charge in [0.15, 0.2) is 0 Å². The number of nitrogens with zero attached hydrogens (tertiary/aromatic N) is 2. The van der Waals surface area contributed by atoms with Gasteiger partial charge < -0.3 is 9.47 Å². The van der Waals surface area contributed by atoms with Crippen molar-refractivity contribution >= 4 is 47.3 Å². The Labute approximate surface area is 215 Å². The predicted molar refractivity (Wildman–Crippen MR) is 136 cm³/mol. The van der Waals surface area contributed by atoms with E-state index in [4.69, 9.17) is 9.47 Å². The summed E-state index contributed by atoms with van der Waals surface area (Å²) >= 11 is 0. The van der Waals surface area contributed by atoms with Crippen LogP contribution in [0.1, 0.15) is 11.1 Å². The number of methoxy groups -OCH3 is 1. The van der Waals surface area contributed by atoms with Crippen LogP contribution in [0, 0.1) is 10.1 Å². The summed E-state index contributed by atoms with van der Waals surface area (Å²) in [4.78, 5) is 61.6. The molecule has 4 rings (SSSR count). The van der Waals surface area contributed by atoms with Gasteiger partial charge in [0, 0.05) is 23.8 Å². The van der Waals surface area contributed by atoms with Gasteiger partial charge in [-0.25, -0.2) is 14.5 Å². The second-order valence-electron chi connectivity index (χ2n) is 7.80. The minimum Gasteiger partial charge on any atom is -0.497 e. The molecule has 3 aromatic carbocycles. The molecule has 3 aromatic rings. The number of ether oxygens (including phenoxy) is 2. The van der Waals surface area contributed by atoms with Gasteiger partial charge in [0.25, 0.3) is 17.5 Å². The van der Waals surface area contributed by atoms with Crippen LogP contribution in [0.4, 0.5) is 16.2 Å². The molecule has 0 unspecified atom stereocenters. The van der Waals surface area contributed by atoms with Crippen molar-refractivity contribution in [2.75, 3.05) is 12.0 Å². The number of rotatable bonds is 7. The average Bonchev–Trinajstić information content (AvgIpc) is 2.91. The Bertz CT molecular complexity index is 1490. The van der Waals surface area contributed by atoms with Crippen LogP contribution in [0.3, 0.4) is 0 Å². The number of carbonyl (C=O) groups is 4. The van der Waals surface area contributed by atoms with Crippen LogP contribution in [0.15, 0.2) is 84.4 Å². The number of imide groups is 2. The topological polar surface area (TPSA) is 145 Å². The maximum atomic E-state index is 13.1. The number of para-hydroxylation sites is 1. The molecule has 1 aliphatic rings. The van der Waals surface area contributed by atoms with Crippen LogP contribution in [0.5, 0.6) is 11.5 Å². The minimum absolute atomic E-state index is 0.0619. The molecule has 0 saturated carbocycles. The van der Waals surface area contributed by atoms with Crippen molar-refractivity contribution < 1.29 is 33.6 Å². The zero-order valence-corrected chi connectivity index (χ0v) is 19.8. The number of hydrogen-bond acceptors (Lipinski definition) is 8. The van der Waals surface area contributed by atoms with E-state index in [9.17, 15) is 29.3 Å². The highest BCUT2D eigenvalue weighted by Crippen LogP contribution is 2.27. The Hall–Kier alpha value is -5.58. The molecule has 1 aliphatic heterocycles. The fourth-order valence-electron chi connectivity index (χ4n) is 3.49. The number of benzene rings is 3. The van der Waals surface area contributed by atoms with Crippen LogP contribution >= 0.6 is 0 Å². The maximum absolute atomic E-state index is 13.1. The molecule has 190 valence electrons. The van der Waals surface area contributed by atoms with Gasteiger partial charge in [0.2, 0.25) is 0 Å². The number of non-ortho nitro benzene ring substituents is 1. The Morgan fingerprint density at radius 2 is 1.66 bits per heavy atom. The summed E-state index contributed by atoms with van der Waals surface area (Å²) in [5, 5.41) is 12.9. The van der Waals surface area contributed by atoms with Gasteiger partial charge in [-0.3, -0.25) is 25.0 Å². The van der Waals surface area contributed by atoms with Crippen LogP contribution in [0.2, 0.25) is 0 Å². The largest absolute Gasteiger partial charge is 0.497 e. The van der Waals surface area contributed by atoms with Crippen LogP contribution < -0.4 is 19.7 Å². The number of anilines is 1. The predicted octanol–water partition coefficient (Wildman–Crippen LogP) is 3.89. The second-order valence-corrected chi connectivity index (χ2v) is 7.80. The van der Waals surface area contributed by atoms with Gasteiger partial charge in [-0.1, -0.05) is 18.2 Å². The zero-order chi connectivity index (χ0) is 27.2. The molecule has 0 aliphatic carbocycles. The molecule has 1 saturated heterocycles. The Morgan fingerprint density at radius 1 is 0.974 bits per heavy atom. The quantitative estimate of drug-likeness (QED) is 0.125. The van der Waals surface area contributed by atoms with Crippen LogP contribution in [0.25, 0.3) is 12.2 Å². The molecular formula is C27H19N3O8. The number of esters is 1. The summed E-state index contributed by atoms with van der Waals surface area (Å²) in [5.41, 5.74) is 0.580. The van der Waals surface area contributed by atoms with Gasteiger partial charge in [0.1, 0.15) is 17.1 Å². The first-order valence-electron chi connectivity index (χ1n) is 11.1. The lowest BCUT2D eigenvalue weighted by Crippen LogP contribution is -2.54. The number of urea groups is 1. The van der Waals surface area contributed by atoms with E-state index in [-0.39, 0.29) is 28.3 Å². The average molecular weight is 513 g/mol. The fourth-order valence-corrected chi connectivity index (χ4v) is 3.49. The summed E-state index contributed by atoms with van der Waals surface area (Å²) in [7, 11) is 1.48. The highest BCUT2D eigenvalue weighted by Gasteiger charge is 2.37. The number of nitrogens with one attached hydrogen (secondary N) is 1. The summed E-state index contributed by atoms with van der Waals surface area (Å²) in [6.07, 6.45) is 3.78. The van der Waals surface area contributed by atoms with Crippen molar-refractivity contribution in [3.8, 4) is 11.5 Å². The molecule has 11 heteroatoms. The fraction of sp³-hybridized carbons (Fsp3) is 0.0370. The number of barbiturate groups is 1. The van der Waals surface area contributed by atoms with Gasteiger partial charge in [-0.05, 0) is 60.2 Å². The number of nitro benzene ring substituents is 1. The van der Waals surface area contributed by atoms with Crippen LogP contribution in [-0.4, -0.2) is 35.8 Å². The first-order chi connectivity index (χ1) is 18.3. The van der Waals surface area contributed by atoms with Crippen molar-refractivity contribution in [2.45, 2.75) is 0 Å². The van der Waals surface area contributed by atoms with Gasteiger partial charge in [-0.2, -0.15) is 0 Å². The molecule has 0 atom stereocenters. The van der Waals surface area contributed by atoms with E-state index in [2.05, 4.69) is 5.32 Å². The minimum atomic E-state index is -0.904. The Morgan fingerprint density at radius 3 is 2.32 bits per heavy atom. The highest BCUT2D eigenvalue weighted by atomic mass is 16.6. The first kappa shape index (κ1) is 25.5. The lowest BCUT2D eigenvalue weighted by Gasteiger charge is -2.26. The van der Waals surface area contributed by atoms with Crippen molar-refractivity contribution in [3.05, 3.63) is 106 Å². The summed E-state index contributed by atoms with van der Waals surface area (Å²) < 4.78 is 10.5. The van der Waals surface area contributed by atoms with Gasteiger partial charge >= 0.3 is 12.0 Å². The number of nitro groups is 1. The van der Waals surface area contributed by atoms with Gasteiger partial charge in [0.05, 0.1) is 17.7 Å². The summed E-state index contributed by atoms with van der Waals surface area (Å²) in [5.74, 6) is -1.94. The monoisotopic (exact) mass is 513 g/mol. The Kier molecular flexibility index (Phi) is 7.38. The molecule has 0 aromatic heterocycles. The third-order valence-corrected chi connectivity index (χ3v) is 5.38. The van der Waals surface area contributed by atoms with Crippen molar-refractivity contribution in [1.29, 1.82) is 0 Å². The third-order valence-electron chi connectivity index (χ3n) is 5.38. The lowest BCUT2D eigenvalue weighted by atomic mass is 10.1. The lowest BCUT2D eigenvalue weighted by molar-refractivity contribution is -0.384. The van der Waals surface area contributed by atoms with Crippen LogP contribution in [-0.2, 0) is 14.4 Å². The summed E-state index contributed by atoms with van der Waals surface area (Å²) in [6, 6.07) is 17.0. The van der Waals surface area contributed by atoms with Gasteiger partial charge in [-0.15, -0.1) is 0 Å². The SMILES string of the molecule is COc1ccc(N2C(=O)NC(=O)/C(=C/c3ccccc3OC(=O)/C=C/c3ccc([N+](=O)[O-])cc3)C2=O)cc1. The van der Waals surface area contributed by atoms with E-state index in [0.717, 1.165) is 11.0 Å². The molecule has 0 bridgehead atoms. The number of carbonyl (C=O) groups excluding carboxylic acids is 4. The molecule has 11 nitrogen and oxygen atoms in total. The second kappa shape index (κ2) is 11.0. The molecule has 38 heavy (non-hydrogen) atoms. The highest BCUT2D eigenvalue weighted by molar-refractivity contribution is 6.39. The molecule has 4 amide bonds. The van der Waals surface area contributed by atoms with E-state index >= 15 is 0 Å². The zero-order valence-electron chi connectivity index (χ0n) is 19.8. The molecule has 1 heterocycles. The van der Waals surface area contributed by atoms with Crippen molar-refractivity contribution in [2.24, 2.45) is 0 Å². The van der Waals surface area contributed by atoms with Crippen molar-refractivity contribution in [1.82, 2.24) is 5.32 Å². The Balaban J connectivity index is 1.56. The molecule has 1 N–H and O–H groups in total. The van der Waals surface area contributed by atoms with E-state index in [1.165, 1.54) is 67.8 Å².